The summed E-state index contributed by atoms with van der Waals surface area (Å²) in [7, 11) is 0. The van der Waals surface area contributed by atoms with Gasteiger partial charge in [-0.1, -0.05) is 23.7 Å². The van der Waals surface area contributed by atoms with Gasteiger partial charge in [0.1, 0.15) is 5.60 Å². The lowest BCUT2D eigenvalue weighted by molar-refractivity contribution is -0.156. The summed E-state index contributed by atoms with van der Waals surface area (Å²) >= 11 is 5.86. The van der Waals surface area contributed by atoms with E-state index in [0.29, 0.717) is 31.1 Å². The Morgan fingerprint density at radius 1 is 1.45 bits per heavy atom. The monoisotopic (exact) mass is 298 g/mol. The number of hydrogen-bond donors (Lipinski definition) is 2. The smallest absolute Gasteiger partial charge is 0.236 e. The van der Waals surface area contributed by atoms with E-state index in [1.165, 1.54) is 0 Å². The zero-order chi connectivity index (χ0) is 14.6. The highest BCUT2D eigenvalue weighted by Gasteiger charge is 2.37. The van der Waals surface area contributed by atoms with Crippen LogP contribution in [-0.4, -0.2) is 54.4 Å². The van der Waals surface area contributed by atoms with E-state index < -0.39 is 5.60 Å². The lowest BCUT2D eigenvalue weighted by Crippen LogP contribution is -2.57. The van der Waals surface area contributed by atoms with E-state index in [4.69, 9.17) is 22.1 Å². The molecular formula is C14H19ClN2O3. The predicted octanol–water partition coefficient (Wildman–Crippen LogP) is 0.431. The molecule has 3 N–H and O–H groups in total. The number of morpholine rings is 1. The van der Waals surface area contributed by atoms with Gasteiger partial charge in [0.05, 0.1) is 26.3 Å². The van der Waals surface area contributed by atoms with Crippen LogP contribution >= 0.6 is 11.6 Å². The Balaban J connectivity index is 2.12. The minimum absolute atomic E-state index is 0.0253. The molecule has 0 saturated carbocycles. The lowest BCUT2D eigenvalue weighted by atomic mass is 9.93. The van der Waals surface area contributed by atoms with Gasteiger partial charge in [-0.05, 0) is 17.7 Å². The number of nitrogens with two attached hydrogens (primary N) is 1. The predicted molar refractivity (Wildman–Crippen MR) is 76.6 cm³/mol. The van der Waals surface area contributed by atoms with Crippen molar-refractivity contribution in [2.75, 3.05) is 32.8 Å². The van der Waals surface area contributed by atoms with Crippen LogP contribution in [0.2, 0.25) is 5.02 Å². The number of aliphatic hydroxyl groups excluding tert-OH is 1. The maximum atomic E-state index is 11.7. The van der Waals surface area contributed by atoms with Crippen LogP contribution in [0.25, 0.3) is 0 Å². The third-order valence-electron chi connectivity index (χ3n) is 3.50. The van der Waals surface area contributed by atoms with Crippen molar-refractivity contribution in [1.29, 1.82) is 0 Å². The van der Waals surface area contributed by atoms with Crippen molar-refractivity contribution in [1.82, 2.24) is 4.90 Å². The molecule has 110 valence electrons. The summed E-state index contributed by atoms with van der Waals surface area (Å²) in [5, 5.41) is 10.4. The first kappa shape index (κ1) is 15.3. The maximum Gasteiger partial charge on any atom is 0.236 e. The molecule has 5 nitrogen and oxygen atoms in total. The number of amides is 1. The first-order chi connectivity index (χ1) is 9.58. The molecule has 1 unspecified atom stereocenters. The van der Waals surface area contributed by atoms with Crippen LogP contribution in [0, 0.1) is 0 Å². The number of aliphatic hydroxyl groups is 1. The Hall–Kier alpha value is -1.14. The van der Waals surface area contributed by atoms with Gasteiger partial charge in [0.25, 0.3) is 0 Å². The van der Waals surface area contributed by atoms with Crippen molar-refractivity contribution in [2.45, 2.75) is 12.0 Å². The lowest BCUT2D eigenvalue weighted by Gasteiger charge is -2.41. The van der Waals surface area contributed by atoms with Gasteiger partial charge in [-0.3, -0.25) is 4.79 Å². The van der Waals surface area contributed by atoms with Gasteiger partial charge in [-0.2, -0.15) is 0 Å². The Bertz CT molecular complexity index is 466. The molecule has 0 aromatic heterocycles. The molecule has 0 bridgehead atoms. The van der Waals surface area contributed by atoms with Crippen LogP contribution in [0.4, 0.5) is 0 Å². The average molecular weight is 299 g/mol. The van der Waals surface area contributed by atoms with Gasteiger partial charge >= 0.3 is 0 Å². The van der Waals surface area contributed by atoms with Gasteiger partial charge in [0.15, 0.2) is 0 Å². The van der Waals surface area contributed by atoms with Crippen molar-refractivity contribution in [3.63, 3.8) is 0 Å². The summed E-state index contributed by atoms with van der Waals surface area (Å²) in [6.45, 7) is 1.09. The molecule has 1 aliphatic heterocycles. The number of carbonyl (C=O) groups excluding carboxylic acids is 1. The number of rotatable bonds is 4. The topological polar surface area (TPSA) is 75.8 Å². The minimum Gasteiger partial charge on any atom is -0.393 e. The number of nitrogens with zero attached hydrogens (tertiary/aromatic N) is 1. The average Bonchev–Trinajstić information content (AvgIpc) is 2.49. The maximum absolute atomic E-state index is 11.7. The third-order valence-corrected chi connectivity index (χ3v) is 3.76. The number of benzene rings is 1. The molecule has 1 aromatic carbocycles. The molecule has 1 fully saturated rings. The summed E-state index contributed by atoms with van der Waals surface area (Å²) in [5.41, 5.74) is 5.63. The van der Waals surface area contributed by atoms with E-state index in [1.807, 2.05) is 12.1 Å². The highest BCUT2D eigenvalue weighted by Crippen LogP contribution is 2.24. The molecule has 1 atom stereocenters. The summed E-state index contributed by atoms with van der Waals surface area (Å²) in [4.78, 5) is 13.4. The van der Waals surface area contributed by atoms with Crippen molar-refractivity contribution in [3.8, 4) is 0 Å². The summed E-state index contributed by atoms with van der Waals surface area (Å²) in [6, 6.07) is 7.39. The Morgan fingerprint density at radius 2 is 2.15 bits per heavy atom. The molecule has 1 amide bonds. The summed E-state index contributed by atoms with van der Waals surface area (Å²) in [5.74, 6) is -0.123. The first-order valence-corrected chi connectivity index (χ1v) is 6.93. The van der Waals surface area contributed by atoms with E-state index >= 15 is 0 Å². The third kappa shape index (κ3) is 3.49. The number of halogens is 1. The van der Waals surface area contributed by atoms with Gasteiger partial charge in [-0.15, -0.1) is 0 Å². The molecule has 2 rings (SSSR count). The largest absolute Gasteiger partial charge is 0.393 e. The number of ether oxygens (including phenoxy) is 1. The quantitative estimate of drug-likeness (QED) is 0.845. The first-order valence-electron chi connectivity index (χ1n) is 6.56. The minimum atomic E-state index is -0.767. The van der Waals surface area contributed by atoms with Gasteiger partial charge in [-0.25, -0.2) is 0 Å². The van der Waals surface area contributed by atoms with Crippen molar-refractivity contribution in [3.05, 3.63) is 34.9 Å². The highest BCUT2D eigenvalue weighted by atomic mass is 35.5. The normalized spacial score (nSPS) is 22.9. The molecule has 0 spiro atoms. The molecule has 1 heterocycles. The highest BCUT2D eigenvalue weighted by molar-refractivity contribution is 6.30. The molecule has 0 aliphatic carbocycles. The standard InChI is InChI=1S/C14H19ClN2O3/c15-12-3-1-11(2-4-12)7-14(10-18)9-17(5-6-20-14)13(19)8-16/h1-4,18H,5-10,16H2. The fourth-order valence-electron chi connectivity index (χ4n) is 2.42. The number of carbonyl (C=O) groups is 1. The van der Waals surface area contributed by atoms with Crippen LogP contribution in [0.15, 0.2) is 24.3 Å². The fourth-order valence-corrected chi connectivity index (χ4v) is 2.55. The zero-order valence-corrected chi connectivity index (χ0v) is 12.0. The van der Waals surface area contributed by atoms with E-state index in [2.05, 4.69) is 0 Å². The second kappa shape index (κ2) is 6.54. The van der Waals surface area contributed by atoms with Crippen LogP contribution in [0.3, 0.4) is 0 Å². The van der Waals surface area contributed by atoms with Crippen LogP contribution in [0.1, 0.15) is 5.56 Å². The molecule has 1 saturated heterocycles. The molecule has 6 heteroatoms. The van der Waals surface area contributed by atoms with Crippen LogP contribution < -0.4 is 5.73 Å². The van der Waals surface area contributed by atoms with Gasteiger partial charge in [0.2, 0.25) is 5.91 Å². The zero-order valence-electron chi connectivity index (χ0n) is 11.2. The second-order valence-corrected chi connectivity index (χ2v) is 5.45. The Morgan fingerprint density at radius 3 is 2.75 bits per heavy atom. The van der Waals surface area contributed by atoms with Crippen molar-refractivity contribution in [2.24, 2.45) is 5.73 Å². The van der Waals surface area contributed by atoms with Gasteiger partial charge in [0, 0.05) is 18.0 Å². The van der Waals surface area contributed by atoms with Crippen molar-refractivity contribution < 1.29 is 14.6 Å². The Labute approximate surface area is 123 Å². The SMILES string of the molecule is NCC(=O)N1CCOC(CO)(Cc2ccc(Cl)cc2)C1. The summed E-state index contributed by atoms with van der Waals surface area (Å²) in [6.07, 6.45) is 0.523. The van der Waals surface area contributed by atoms with E-state index in [1.54, 1.807) is 17.0 Å². The van der Waals surface area contributed by atoms with E-state index in [-0.39, 0.29) is 19.1 Å². The molecular weight excluding hydrogens is 280 g/mol. The number of hydrogen-bond acceptors (Lipinski definition) is 4. The van der Waals surface area contributed by atoms with Crippen LogP contribution in [-0.2, 0) is 16.0 Å². The van der Waals surface area contributed by atoms with Gasteiger partial charge < -0.3 is 20.5 Å². The molecule has 20 heavy (non-hydrogen) atoms. The van der Waals surface area contributed by atoms with Crippen LogP contribution in [0.5, 0.6) is 0 Å². The van der Waals surface area contributed by atoms with E-state index in [0.717, 1.165) is 5.56 Å². The molecule has 1 aromatic rings. The second-order valence-electron chi connectivity index (χ2n) is 5.01. The van der Waals surface area contributed by atoms with Crippen molar-refractivity contribution >= 4 is 17.5 Å². The van der Waals surface area contributed by atoms with E-state index in [9.17, 15) is 9.90 Å². The fraction of sp³-hybridized carbons (Fsp3) is 0.500. The summed E-state index contributed by atoms with van der Waals surface area (Å²) < 4.78 is 5.76. The molecule has 1 aliphatic rings. The Kier molecular flexibility index (Phi) is 4.99. The molecule has 0 radical (unpaired) electrons.